The van der Waals surface area contributed by atoms with Crippen molar-refractivity contribution in [3.63, 3.8) is 0 Å². The minimum atomic E-state index is -1.07. The van der Waals surface area contributed by atoms with E-state index in [0.29, 0.717) is 11.4 Å². The van der Waals surface area contributed by atoms with Gasteiger partial charge in [0.25, 0.3) is 0 Å². The summed E-state index contributed by atoms with van der Waals surface area (Å²) < 4.78 is 5.04. The van der Waals surface area contributed by atoms with Crippen LogP contribution in [0.3, 0.4) is 0 Å². The number of nitrogens with zero attached hydrogens (tertiary/aromatic N) is 1. The summed E-state index contributed by atoms with van der Waals surface area (Å²) >= 11 is 0. The van der Waals surface area contributed by atoms with Crippen LogP contribution < -0.4 is 4.74 Å². The van der Waals surface area contributed by atoms with Gasteiger partial charge in [0.15, 0.2) is 0 Å². The second-order valence-corrected chi connectivity index (χ2v) is 3.48. The molecule has 6 heteroatoms. The normalized spacial score (nSPS) is 10.2. The number of ether oxygens (including phenoxy) is 1. The number of carboxylic acids is 2. The molecule has 0 radical (unpaired) electrons. The molecule has 1 heterocycles. The first-order chi connectivity index (χ1) is 8.04. The van der Waals surface area contributed by atoms with E-state index in [1.807, 2.05) is 0 Å². The molecule has 0 unspecified atom stereocenters. The Hall–Kier alpha value is -2.11. The molecule has 1 aromatic heterocycles. The molecule has 0 aliphatic carbocycles. The molecule has 17 heavy (non-hydrogen) atoms. The fourth-order valence-electron chi connectivity index (χ4n) is 1.57. The Balaban J connectivity index is 3.02. The van der Waals surface area contributed by atoms with Gasteiger partial charge < -0.3 is 14.9 Å². The first kappa shape index (κ1) is 13.0. The first-order valence-corrected chi connectivity index (χ1v) is 4.97. The molecule has 0 atom stereocenters. The lowest BCUT2D eigenvalue weighted by Gasteiger charge is -2.14. The molecular formula is C11H13NO5. The van der Waals surface area contributed by atoms with Gasteiger partial charge in [0.1, 0.15) is 5.75 Å². The van der Waals surface area contributed by atoms with Crippen LogP contribution in [0.5, 0.6) is 5.75 Å². The van der Waals surface area contributed by atoms with Gasteiger partial charge in [-0.2, -0.15) is 0 Å². The first-order valence-electron chi connectivity index (χ1n) is 4.97. The fraction of sp³-hybridized carbons (Fsp3) is 0.364. The van der Waals surface area contributed by atoms with Crippen LogP contribution in [0.4, 0.5) is 0 Å². The number of pyridine rings is 1. The molecule has 6 nitrogen and oxygen atoms in total. The van der Waals surface area contributed by atoms with Crippen molar-refractivity contribution in [3.05, 3.63) is 24.0 Å². The zero-order valence-electron chi connectivity index (χ0n) is 9.29. The van der Waals surface area contributed by atoms with Crippen molar-refractivity contribution < 1.29 is 24.5 Å². The van der Waals surface area contributed by atoms with Gasteiger partial charge >= 0.3 is 11.9 Å². The second kappa shape index (κ2) is 5.83. The molecule has 0 fully saturated rings. The summed E-state index contributed by atoms with van der Waals surface area (Å²) in [6.45, 7) is 0. The van der Waals surface area contributed by atoms with Crippen molar-refractivity contribution in [1.82, 2.24) is 4.98 Å². The molecule has 0 saturated carbocycles. The lowest BCUT2D eigenvalue weighted by molar-refractivity contribution is -0.139. The summed E-state index contributed by atoms with van der Waals surface area (Å²) in [5, 5.41) is 17.5. The fourth-order valence-corrected chi connectivity index (χ4v) is 1.57. The quantitative estimate of drug-likeness (QED) is 0.772. The standard InChI is InChI=1S/C11H13NO5/c1-17-8-3-2-4-12-11(8)7(5-9(13)14)6-10(15)16/h2-4,7H,5-6H2,1H3,(H,13,14)(H,15,16). The van der Waals surface area contributed by atoms with E-state index in [1.165, 1.54) is 13.3 Å². The Labute approximate surface area is 97.9 Å². The van der Waals surface area contributed by atoms with Crippen molar-refractivity contribution in [3.8, 4) is 5.75 Å². The molecule has 1 rings (SSSR count). The smallest absolute Gasteiger partial charge is 0.304 e. The molecule has 1 aromatic rings. The van der Waals surface area contributed by atoms with Gasteiger partial charge in [-0.1, -0.05) is 0 Å². The van der Waals surface area contributed by atoms with Gasteiger partial charge in [-0.15, -0.1) is 0 Å². The summed E-state index contributed by atoms with van der Waals surface area (Å²) in [6.07, 6.45) is 0.897. The summed E-state index contributed by atoms with van der Waals surface area (Å²) in [7, 11) is 1.43. The minimum absolute atomic E-state index is 0.292. The van der Waals surface area contributed by atoms with E-state index in [-0.39, 0.29) is 12.8 Å². The average molecular weight is 239 g/mol. The van der Waals surface area contributed by atoms with E-state index in [1.54, 1.807) is 12.1 Å². The van der Waals surface area contributed by atoms with E-state index in [0.717, 1.165) is 0 Å². The van der Waals surface area contributed by atoms with Crippen LogP contribution in [0.1, 0.15) is 24.5 Å². The number of carbonyl (C=O) groups is 2. The van der Waals surface area contributed by atoms with E-state index in [4.69, 9.17) is 14.9 Å². The van der Waals surface area contributed by atoms with Crippen LogP contribution in [0.25, 0.3) is 0 Å². The summed E-state index contributed by atoms with van der Waals surface area (Å²) in [5.41, 5.74) is 0.361. The Morgan fingerprint density at radius 2 is 1.94 bits per heavy atom. The monoisotopic (exact) mass is 239 g/mol. The van der Waals surface area contributed by atoms with Gasteiger partial charge in [0, 0.05) is 12.1 Å². The third-order valence-electron chi connectivity index (χ3n) is 2.25. The molecule has 0 bridgehead atoms. The van der Waals surface area contributed by atoms with E-state index in [9.17, 15) is 9.59 Å². The van der Waals surface area contributed by atoms with Gasteiger partial charge in [0.05, 0.1) is 25.6 Å². The molecule has 0 aliphatic rings. The predicted molar refractivity (Wildman–Crippen MR) is 58.0 cm³/mol. The zero-order chi connectivity index (χ0) is 12.8. The highest BCUT2D eigenvalue weighted by Gasteiger charge is 2.23. The van der Waals surface area contributed by atoms with Crippen LogP contribution in [-0.4, -0.2) is 34.2 Å². The number of methoxy groups -OCH3 is 1. The molecular weight excluding hydrogens is 226 g/mol. The lowest BCUT2D eigenvalue weighted by Crippen LogP contribution is -2.13. The Morgan fingerprint density at radius 3 is 2.41 bits per heavy atom. The van der Waals surface area contributed by atoms with E-state index < -0.39 is 17.9 Å². The van der Waals surface area contributed by atoms with Gasteiger partial charge in [-0.25, -0.2) is 0 Å². The number of rotatable bonds is 6. The number of hydrogen-bond acceptors (Lipinski definition) is 4. The Bertz CT molecular complexity index is 402. The molecule has 0 aliphatic heterocycles. The van der Waals surface area contributed by atoms with Crippen LogP contribution in [0.2, 0.25) is 0 Å². The van der Waals surface area contributed by atoms with Crippen molar-refractivity contribution in [2.24, 2.45) is 0 Å². The predicted octanol–water partition coefficient (Wildman–Crippen LogP) is 1.12. The number of carboxylic acid groups (broad SMARTS) is 2. The lowest BCUT2D eigenvalue weighted by atomic mass is 9.96. The maximum absolute atomic E-state index is 10.7. The van der Waals surface area contributed by atoms with Crippen LogP contribution in [-0.2, 0) is 9.59 Å². The molecule has 0 aromatic carbocycles. The highest BCUT2D eigenvalue weighted by atomic mass is 16.5. The van der Waals surface area contributed by atoms with Gasteiger partial charge in [-0.3, -0.25) is 14.6 Å². The molecule has 2 N–H and O–H groups in total. The highest BCUT2D eigenvalue weighted by Crippen LogP contribution is 2.29. The Morgan fingerprint density at radius 1 is 1.35 bits per heavy atom. The number of aliphatic carboxylic acids is 2. The minimum Gasteiger partial charge on any atom is -0.495 e. The summed E-state index contributed by atoms with van der Waals surface area (Å²) in [6, 6.07) is 3.26. The van der Waals surface area contributed by atoms with Crippen molar-refractivity contribution in [1.29, 1.82) is 0 Å². The van der Waals surface area contributed by atoms with E-state index in [2.05, 4.69) is 4.98 Å². The second-order valence-electron chi connectivity index (χ2n) is 3.48. The highest BCUT2D eigenvalue weighted by molar-refractivity contribution is 5.72. The maximum Gasteiger partial charge on any atom is 0.304 e. The number of hydrogen-bond donors (Lipinski definition) is 2. The molecule has 0 saturated heterocycles. The third kappa shape index (κ3) is 3.75. The van der Waals surface area contributed by atoms with Crippen molar-refractivity contribution >= 4 is 11.9 Å². The van der Waals surface area contributed by atoms with Crippen LogP contribution >= 0.6 is 0 Å². The van der Waals surface area contributed by atoms with Gasteiger partial charge in [0.2, 0.25) is 0 Å². The largest absolute Gasteiger partial charge is 0.495 e. The van der Waals surface area contributed by atoms with Crippen molar-refractivity contribution in [2.45, 2.75) is 18.8 Å². The average Bonchev–Trinajstić information content (AvgIpc) is 2.27. The maximum atomic E-state index is 10.7. The topological polar surface area (TPSA) is 96.7 Å². The van der Waals surface area contributed by atoms with Crippen LogP contribution in [0.15, 0.2) is 18.3 Å². The molecule has 0 amide bonds. The van der Waals surface area contributed by atoms with Crippen LogP contribution in [0, 0.1) is 0 Å². The summed E-state index contributed by atoms with van der Waals surface area (Å²) in [4.78, 5) is 25.4. The number of aromatic nitrogens is 1. The Kier molecular flexibility index (Phi) is 4.45. The van der Waals surface area contributed by atoms with Gasteiger partial charge in [-0.05, 0) is 12.1 Å². The third-order valence-corrected chi connectivity index (χ3v) is 2.25. The zero-order valence-corrected chi connectivity index (χ0v) is 9.29. The van der Waals surface area contributed by atoms with E-state index >= 15 is 0 Å². The molecule has 92 valence electrons. The SMILES string of the molecule is COc1cccnc1C(CC(=O)O)CC(=O)O. The molecule has 0 spiro atoms. The van der Waals surface area contributed by atoms with Crippen molar-refractivity contribution in [2.75, 3.05) is 7.11 Å². The summed E-state index contributed by atoms with van der Waals surface area (Å²) in [5.74, 6) is -2.42.